The molecule has 4 amide bonds. The Morgan fingerprint density at radius 2 is 0.712 bits per heavy atom. The van der Waals surface area contributed by atoms with Gasteiger partial charge in [0.05, 0.1) is 48.0 Å². The second kappa shape index (κ2) is 36.4. The van der Waals surface area contributed by atoms with E-state index in [1.807, 2.05) is 93.6 Å². The molecule has 38 heteroatoms. The molecule has 0 N–H and O–H groups in total. The molecule has 8 heterocycles. The second-order valence-electron chi connectivity index (χ2n) is 29.1. The van der Waals surface area contributed by atoms with Crippen molar-refractivity contribution in [3.63, 3.8) is 0 Å². The Labute approximate surface area is 724 Å². The first-order chi connectivity index (χ1) is 55.9. The Hall–Kier alpha value is -7.30. The average Bonchev–Trinajstić information content (AvgIpc) is 0.787. The van der Waals surface area contributed by atoms with Crippen LogP contribution in [0.25, 0.3) is 0 Å². The molecule has 0 saturated carbocycles. The van der Waals surface area contributed by atoms with Gasteiger partial charge in [0, 0.05) is 122 Å². The molecule has 8 aromatic carbocycles. The van der Waals surface area contributed by atoms with Crippen molar-refractivity contribution in [2.24, 2.45) is 0 Å². The number of alkyl halides is 3. The van der Waals surface area contributed by atoms with Gasteiger partial charge < -0.3 is 18.9 Å². The summed E-state index contributed by atoms with van der Waals surface area (Å²) in [5.41, 5.74) is 8.16. The minimum absolute atomic E-state index is 0.00513. The van der Waals surface area contributed by atoms with Gasteiger partial charge in [0.25, 0.3) is 0 Å². The molecule has 8 aliphatic heterocycles. The molecule has 0 radical (unpaired) electrons. The molecule has 0 unspecified atom stereocenters. The molecule has 0 aromatic heterocycles. The smallest absolute Gasteiger partial charge is 0.417 e. The van der Waals surface area contributed by atoms with Gasteiger partial charge in [-0.25, -0.2) is 57.2 Å². The van der Waals surface area contributed by atoms with Crippen molar-refractivity contribution in [2.75, 3.05) is 72.0 Å². The van der Waals surface area contributed by atoms with E-state index < -0.39 is 80.8 Å². The zero-order chi connectivity index (χ0) is 84.7. The van der Waals surface area contributed by atoms with Crippen LogP contribution >= 0.6 is 86.9 Å². The molecule has 8 aliphatic rings. The van der Waals surface area contributed by atoms with Crippen LogP contribution in [0, 0.1) is 26.6 Å². The Balaban J connectivity index is 0.000000136. The van der Waals surface area contributed by atoms with Crippen molar-refractivity contribution in [3.05, 3.63) is 230 Å². The van der Waals surface area contributed by atoms with Gasteiger partial charge in [-0.1, -0.05) is 123 Å². The van der Waals surface area contributed by atoms with Gasteiger partial charge in [0.1, 0.15) is 37.1 Å². The molecule has 0 spiro atoms. The zero-order valence-electron chi connectivity index (χ0n) is 63.4. The number of anilines is 4. The van der Waals surface area contributed by atoms with Crippen LogP contribution in [0.3, 0.4) is 0 Å². The first-order valence-corrected chi connectivity index (χ1v) is 47.0. The number of ether oxygens (including phenoxy) is 4. The fraction of sp³-hybridized carbons (Fsp3) is 0.350. The molecule has 8 aromatic rings. The summed E-state index contributed by atoms with van der Waals surface area (Å²) < 4.78 is 188. The standard InChI is InChI=1S/C22H25BrN2O4S.C20H18BrF3N2O4S.C19H17BrCl2N2O4S.C19H18BrFN2O4S/c1-14-10-15(2)21(16(3)11-14)30(27,28)24-8-6-19(7-9-24)25-20-5-4-18(23)12-17(20)13-29-22(25)26;21-14-5-6-17-13(11-14)12-30-19(27)26(17)15-7-9-25(10-8-15)31(28,29)18-4-2-1-3-16(18)20(22,23)24;20-13-1-3-17-12(9-13)11-28-19(25)24(17)15-5-7-23(8-6-15)29(26,27)18-4-2-14(21)10-16(18)22;20-14-4-5-18-13(10-14)12-27-19(24)23(18)16-6-8-22(9-7-16)28(25,26)17-3-1-2-15(21)11-17/h4-5,10-12,19H,6-9,13H2,1-3H3;1-6,11,15H,7-10,12H2;1-4,9-10,15H,5-8,11H2;1-5,10-11,16H,6-9,12H2. The molecule has 118 heavy (non-hydrogen) atoms. The number of aryl methyl sites for hydroxylation is 3. The molecule has 4 fully saturated rings. The predicted molar refractivity (Wildman–Crippen MR) is 449 cm³/mol. The number of carbonyl (C=O) groups is 4. The third-order valence-corrected chi connectivity index (χ3v) is 32.2. The van der Waals surface area contributed by atoms with Gasteiger partial charge in [-0.15, -0.1) is 0 Å². The van der Waals surface area contributed by atoms with Crippen LogP contribution in [0.2, 0.25) is 10.0 Å². The predicted octanol–water partition coefficient (Wildman–Crippen LogP) is 18.4. The number of benzene rings is 8. The molecular weight excluding hydrogens is 1920 g/mol. The van der Waals surface area contributed by atoms with Crippen LogP contribution < -0.4 is 19.6 Å². The summed E-state index contributed by atoms with van der Waals surface area (Å²) in [6, 6.07) is 39.2. The van der Waals surface area contributed by atoms with E-state index in [9.17, 15) is 70.4 Å². The van der Waals surface area contributed by atoms with Crippen molar-refractivity contribution < 1.29 is 89.4 Å². The molecule has 0 aliphatic carbocycles. The summed E-state index contributed by atoms with van der Waals surface area (Å²) >= 11 is 25.7. The summed E-state index contributed by atoms with van der Waals surface area (Å²) in [5.74, 6) is -0.588. The van der Waals surface area contributed by atoms with E-state index >= 15 is 0 Å². The maximum absolute atomic E-state index is 13.4. The number of halogens is 10. The molecule has 628 valence electrons. The van der Waals surface area contributed by atoms with Crippen molar-refractivity contribution in [3.8, 4) is 0 Å². The number of sulfonamides is 4. The lowest BCUT2D eigenvalue weighted by molar-refractivity contribution is -0.140. The minimum Gasteiger partial charge on any atom is -0.444 e. The third kappa shape index (κ3) is 19.1. The third-order valence-electron chi connectivity index (χ3n) is 21.5. The lowest BCUT2D eigenvalue weighted by Crippen LogP contribution is -2.50. The number of carbonyl (C=O) groups excluding carboxylic acids is 4. The number of amides is 4. The van der Waals surface area contributed by atoms with E-state index in [4.69, 9.17) is 42.1 Å². The summed E-state index contributed by atoms with van der Waals surface area (Å²) in [7, 11) is -15.4. The van der Waals surface area contributed by atoms with Gasteiger partial charge in [0.15, 0.2) is 0 Å². The summed E-state index contributed by atoms with van der Waals surface area (Å²) in [5, 5.41) is 0.473. The normalized spacial score (nSPS) is 18.5. The van der Waals surface area contributed by atoms with Gasteiger partial charge in [-0.2, -0.15) is 30.4 Å². The number of hydrogen-bond donors (Lipinski definition) is 0. The van der Waals surface area contributed by atoms with Gasteiger partial charge in [0.2, 0.25) is 40.1 Å². The zero-order valence-corrected chi connectivity index (χ0v) is 74.5. The van der Waals surface area contributed by atoms with E-state index in [-0.39, 0.29) is 124 Å². The topological polar surface area (TPSA) is 268 Å². The fourth-order valence-electron chi connectivity index (χ4n) is 16.0. The van der Waals surface area contributed by atoms with E-state index in [1.165, 1.54) is 56.0 Å². The quantitative estimate of drug-likeness (QED) is 0.0812. The monoisotopic (exact) mass is 2000 g/mol. The molecular formula is C80H78Br4Cl2F4N8O16S4. The number of piperidine rings is 4. The van der Waals surface area contributed by atoms with Gasteiger partial charge in [-0.05, 0) is 205 Å². The molecule has 0 bridgehead atoms. The van der Waals surface area contributed by atoms with Crippen LogP contribution in [0.15, 0.2) is 189 Å². The highest BCUT2D eigenvalue weighted by atomic mass is 79.9. The maximum Gasteiger partial charge on any atom is 0.417 e. The van der Waals surface area contributed by atoms with Crippen LogP contribution in [0.5, 0.6) is 0 Å². The van der Waals surface area contributed by atoms with Crippen LogP contribution in [-0.4, -0.2) is 152 Å². The van der Waals surface area contributed by atoms with Crippen molar-refractivity contribution in [1.82, 2.24) is 17.2 Å². The van der Waals surface area contributed by atoms with Crippen molar-refractivity contribution in [2.45, 2.75) is 148 Å². The summed E-state index contributed by atoms with van der Waals surface area (Å²) in [6.07, 6.45) is -2.87. The van der Waals surface area contributed by atoms with Gasteiger partial charge >= 0.3 is 30.5 Å². The molecule has 16 rings (SSSR count). The second-order valence-corrected chi connectivity index (χ2v) is 41.2. The van der Waals surface area contributed by atoms with Crippen molar-refractivity contribution >= 4 is 174 Å². The Bertz CT molecular complexity index is 5680. The van der Waals surface area contributed by atoms with Gasteiger partial charge in [-0.3, -0.25) is 19.6 Å². The Morgan fingerprint density at radius 3 is 1.05 bits per heavy atom. The summed E-state index contributed by atoms with van der Waals surface area (Å²) in [6.45, 7) is 8.29. The Kier molecular flexibility index (Phi) is 27.3. The number of cyclic esters (lactones) is 4. The van der Waals surface area contributed by atoms with Crippen LogP contribution in [-0.2, 0) is 91.6 Å². The largest absolute Gasteiger partial charge is 0.444 e. The van der Waals surface area contributed by atoms with E-state index in [1.54, 1.807) is 31.1 Å². The highest BCUT2D eigenvalue weighted by Crippen LogP contribution is 2.43. The maximum atomic E-state index is 13.4. The highest BCUT2D eigenvalue weighted by molar-refractivity contribution is 9.11. The average molecular weight is 2000 g/mol. The number of rotatable bonds is 12. The first kappa shape index (κ1) is 88.5. The lowest BCUT2D eigenvalue weighted by atomic mass is 10.0. The Morgan fingerprint density at radius 1 is 0.381 bits per heavy atom. The van der Waals surface area contributed by atoms with E-state index in [0.717, 1.165) is 102 Å². The van der Waals surface area contributed by atoms with Crippen LogP contribution in [0.1, 0.15) is 95.9 Å². The van der Waals surface area contributed by atoms with E-state index in [2.05, 4.69) is 63.7 Å². The molecule has 4 saturated heterocycles. The lowest BCUT2D eigenvalue weighted by Gasteiger charge is -2.40. The van der Waals surface area contributed by atoms with Crippen LogP contribution in [0.4, 0.5) is 59.5 Å². The van der Waals surface area contributed by atoms with Crippen molar-refractivity contribution in [1.29, 1.82) is 0 Å². The molecule has 24 nitrogen and oxygen atoms in total. The number of hydrogen-bond acceptors (Lipinski definition) is 16. The number of nitrogens with zero attached hydrogens (tertiary/aromatic N) is 8. The first-order valence-electron chi connectivity index (χ1n) is 37.3. The van der Waals surface area contributed by atoms with E-state index in [0.29, 0.717) is 67.2 Å². The summed E-state index contributed by atoms with van der Waals surface area (Å²) in [4.78, 5) is 55.9. The molecule has 0 atom stereocenters. The minimum atomic E-state index is -4.78. The fourth-order valence-corrected chi connectivity index (χ4v) is 24.9. The number of fused-ring (bicyclic) bond motifs is 4. The SMILES string of the molecule is Cc1cc(C)c(S(=O)(=O)N2CCC(N3C(=O)OCc4cc(Br)ccc43)CC2)c(C)c1.O=C1OCc2cc(Br)ccc2N1C1CCN(S(=O)(=O)c2ccc(Cl)cc2Cl)CC1.O=C1OCc2cc(Br)ccc2N1C1CCN(S(=O)(=O)c2cccc(F)c2)CC1.O=C1OCc2cc(Br)ccc2N1C1CCN(S(=O)(=O)c2ccccc2C(F)(F)F)CC1. The highest BCUT2D eigenvalue weighted by Gasteiger charge is 2.45.